The molecule has 0 aromatic rings. The van der Waals surface area contributed by atoms with E-state index in [-0.39, 0.29) is 6.04 Å². The number of sulfonamides is 1. The molecule has 0 saturated heterocycles. The SMILES string of the molecule is CS(=O)(=O)N[C@@H]1CCCC[C@@H]1O. The van der Waals surface area contributed by atoms with Crippen molar-refractivity contribution in [1.82, 2.24) is 4.72 Å². The van der Waals surface area contributed by atoms with Crippen LogP contribution in [-0.2, 0) is 10.0 Å². The van der Waals surface area contributed by atoms with Gasteiger partial charge in [-0.05, 0) is 12.8 Å². The average molecular weight is 193 g/mol. The van der Waals surface area contributed by atoms with E-state index < -0.39 is 16.1 Å². The zero-order chi connectivity index (χ0) is 9.19. The monoisotopic (exact) mass is 193 g/mol. The summed E-state index contributed by atoms with van der Waals surface area (Å²) in [4.78, 5) is 0. The molecule has 0 aromatic heterocycles. The standard InChI is InChI=1S/C7H15NO3S/c1-12(10,11)8-6-4-2-3-5-7(6)9/h6-9H,2-5H2,1H3/t6-,7+/m1/s1. The molecule has 0 radical (unpaired) electrons. The van der Waals surface area contributed by atoms with Gasteiger partial charge in [0.2, 0.25) is 10.0 Å². The van der Waals surface area contributed by atoms with Crippen LogP contribution in [-0.4, -0.2) is 31.9 Å². The predicted molar refractivity (Wildman–Crippen MR) is 46.2 cm³/mol. The highest BCUT2D eigenvalue weighted by Crippen LogP contribution is 2.18. The van der Waals surface area contributed by atoms with E-state index in [2.05, 4.69) is 4.72 Å². The largest absolute Gasteiger partial charge is 0.391 e. The maximum absolute atomic E-state index is 10.8. The molecule has 2 N–H and O–H groups in total. The van der Waals surface area contributed by atoms with Gasteiger partial charge >= 0.3 is 0 Å². The molecule has 12 heavy (non-hydrogen) atoms. The van der Waals surface area contributed by atoms with Crippen LogP contribution in [0.5, 0.6) is 0 Å². The summed E-state index contributed by atoms with van der Waals surface area (Å²) in [6.45, 7) is 0. The fourth-order valence-electron chi connectivity index (χ4n) is 1.52. The molecule has 0 aromatic carbocycles. The fourth-order valence-corrected chi connectivity index (χ4v) is 2.35. The summed E-state index contributed by atoms with van der Waals surface area (Å²) in [6, 6.07) is -0.270. The Morgan fingerprint density at radius 1 is 1.33 bits per heavy atom. The number of hydrogen-bond acceptors (Lipinski definition) is 3. The second kappa shape index (κ2) is 3.72. The lowest BCUT2D eigenvalue weighted by Crippen LogP contribution is -2.44. The van der Waals surface area contributed by atoms with Crippen molar-refractivity contribution < 1.29 is 13.5 Å². The predicted octanol–water partition coefficient (Wildman–Crippen LogP) is -0.161. The second-order valence-electron chi connectivity index (χ2n) is 3.35. The molecule has 1 aliphatic carbocycles. The summed E-state index contributed by atoms with van der Waals surface area (Å²) in [7, 11) is -3.17. The van der Waals surface area contributed by atoms with Gasteiger partial charge in [0.05, 0.1) is 12.4 Å². The molecule has 0 bridgehead atoms. The molecule has 5 heteroatoms. The van der Waals surface area contributed by atoms with Gasteiger partial charge in [-0.25, -0.2) is 13.1 Å². The van der Waals surface area contributed by atoms with Crippen LogP contribution in [0.25, 0.3) is 0 Å². The molecule has 0 aliphatic heterocycles. The summed E-state index contributed by atoms with van der Waals surface area (Å²) in [6.07, 6.45) is 4.04. The van der Waals surface area contributed by atoms with E-state index in [4.69, 9.17) is 0 Å². The normalized spacial score (nSPS) is 31.8. The molecule has 1 aliphatic rings. The third-order valence-corrected chi connectivity index (χ3v) is 2.83. The molecule has 1 rings (SSSR count). The molecule has 0 spiro atoms. The third kappa shape index (κ3) is 3.08. The molecule has 2 atom stereocenters. The Hall–Kier alpha value is -0.130. The quantitative estimate of drug-likeness (QED) is 0.640. The first kappa shape index (κ1) is 9.95. The van der Waals surface area contributed by atoms with Crippen molar-refractivity contribution in [1.29, 1.82) is 0 Å². The molecule has 4 nitrogen and oxygen atoms in total. The zero-order valence-electron chi connectivity index (χ0n) is 7.16. The Labute approximate surface area is 73.0 Å². The fraction of sp³-hybridized carbons (Fsp3) is 1.00. The van der Waals surface area contributed by atoms with Crippen molar-refractivity contribution in [3.63, 3.8) is 0 Å². The third-order valence-electron chi connectivity index (χ3n) is 2.09. The smallest absolute Gasteiger partial charge is 0.209 e. The van der Waals surface area contributed by atoms with Gasteiger partial charge in [-0.15, -0.1) is 0 Å². The van der Waals surface area contributed by atoms with E-state index in [1.165, 1.54) is 0 Å². The summed E-state index contributed by atoms with van der Waals surface area (Å²) >= 11 is 0. The van der Waals surface area contributed by atoms with Crippen molar-refractivity contribution >= 4 is 10.0 Å². The van der Waals surface area contributed by atoms with Crippen LogP contribution in [0.2, 0.25) is 0 Å². The Kier molecular flexibility index (Phi) is 3.09. The van der Waals surface area contributed by atoms with Gasteiger partial charge in [0.1, 0.15) is 0 Å². The van der Waals surface area contributed by atoms with E-state index in [1.54, 1.807) is 0 Å². The molecule has 0 heterocycles. The number of nitrogens with one attached hydrogen (secondary N) is 1. The summed E-state index contributed by atoms with van der Waals surface area (Å²) in [5.74, 6) is 0. The van der Waals surface area contributed by atoms with Gasteiger partial charge in [0.15, 0.2) is 0 Å². The minimum atomic E-state index is -3.17. The van der Waals surface area contributed by atoms with Gasteiger partial charge in [-0.1, -0.05) is 12.8 Å². The minimum Gasteiger partial charge on any atom is -0.391 e. The summed E-state index contributed by atoms with van der Waals surface area (Å²) < 4.78 is 24.1. The van der Waals surface area contributed by atoms with E-state index in [0.29, 0.717) is 6.42 Å². The van der Waals surface area contributed by atoms with Crippen molar-refractivity contribution in [2.75, 3.05) is 6.26 Å². The topological polar surface area (TPSA) is 66.4 Å². The lowest BCUT2D eigenvalue weighted by atomic mass is 9.93. The van der Waals surface area contributed by atoms with Gasteiger partial charge < -0.3 is 5.11 Å². The highest BCUT2D eigenvalue weighted by Gasteiger charge is 2.25. The number of aliphatic hydroxyl groups excluding tert-OH is 1. The summed E-state index contributed by atoms with van der Waals surface area (Å²) in [5.41, 5.74) is 0. The highest BCUT2D eigenvalue weighted by molar-refractivity contribution is 7.88. The first-order valence-electron chi connectivity index (χ1n) is 4.14. The second-order valence-corrected chi connectivity index (χ2v) is 5.13. The van der Waals surface area contributed by atoms with E-state index in [1.807, 2.05) is 0 Å². The van der Waals surface area contributed by atoms with E-state index in [0.717, 1.165) is 25.5 Å². The van der Waals surface area contributed by atoms with E-state index in [9.17, 15) is 13.5 Å². The van der Waals surface area contributed by atoms with E-state index >= 15 is 0 Å². The first-order valence-corrected chi connectivity index (χ1v) is 6.03. The molecule has 1 fully saturated rings. The Bertz CT molecular complexity index is 237. The highest BCUT2D eigenvalue weighted by atomic mass is 32.2. The van der Waals surface area contributed by atoms with Crippen molar-refractivity contribution in [3.05, 3.63) is 0 Å². The molecule has 72 valence electrons. The van der Waals surface area contributed by atoms with Crippen LogP contribution >= 0.6 is 0 Å². The molecular weight excluding hydrogens is 178 g/mol. The number of aliphatic hydroxyl groups is 1. The molecule has 0 amide bonds. The minimum absolute atomic E-state index is 0.270. The van der Waals surface area contributed by atoms with Crippen molar-refractivity contribution in [2.45, 2.75) is 37.8 Å². The molecule has 1 saturated carbocycles. The Balaban J connectivity index is 2.50. The van der Waals surface area contributed by atoms with Crippen LogP contribution in [0.3, 0.4) is 0 Å². The lowest BCUT2D eigenvalue weighted by Gasteiger charge is -2.27. The maximum Gasteiger partial charge on any atom is 0.209 e. The number of hydrogen-bond donors (Lipinski definition) is 2. The summed E-state index contributed by atoms with van der Waals surface area (Å²) in [5, 5.41) is 9.41. The Morgan fingerprint density at radius 3 is 2.42 bits per heavy atom. The van der Waals surface area contributed by atoms with Crippen LogP contribution in [0.4, 0.5) is 0 Å². The zero-order valence-corrected chi connectivity index (χ0v) is 7.97. The van der Waals surface area contributed by atoms with Gasteiger partial charge in [0, 0.05) is 6.04 Å². The van der Waals surface area contributed by atoms with Crippen molar-refractivity contribution in [2.24, 2.45) is 0 Å². The van der Waals surface area contributed by atoms with Gasteiger partial charge in [0.25, 0.3) is 0 Å². The van der Waals surface area contributed by atoms with Gasteiger partial charge in [-0.2, -0.15) is 0 Å². The Morgan fingerprint density at radius 2 is 1.92 bits per heavy atom. The molecule has 0 unspecified atom stereocenters. The van der Waals surface area contributed by atoms with Crippen LogP contribution < -0.4 is 4.72 Å². The maximum atomic E-state index is 10.8. The van der Waals surface area contributed by atoms with Gasteiger partial charge in [-0.3, -0.25) is 0 Å². The number of rotatable bonds is 2. The van der Waals surface area contributed by atoms with Crippen LogP contribution in [0.1, 0.15) is 25.7 Å². The van der Waals surface area contributed by atoms with Crippen molar-refractivity contribution in [3.8, 4) is 0 Å². The van der Waals surface area contributed by atoms with Crippen LogP contribution in [0, 0.1) is 0 Å². The van der Waals surface area contributed by atoms with Crippen LogP contribution in [0.15, 0.2) is 0 Å². The average Bonchev–Trinajstić information content (AvgIpc) is 1.91. The lowest BCUT2D eigenvalue weighted by molar-refractivity contribution is 0.101. The molecular formula is C7H15NO3S. The first-order chi connectivity index (χ1) is 5.49.